The van der Waals surface area contributed by atoms with Crippen molar-refractivity contribution in [3.05, 3.63) is 70.8 Å². The van der Waals surface area contributed by atoms with Gasteiger partial charge >= 0.3 is 0 Å². The second-order valence-corrected chi connectivity index (χ2v) is 8.21. The van der Waals surface area contributed by atoms with Crippen molar-refractivity contribution in [1.82, 2.24) is 4.90 Å². The Bertz CT molecular complexity index is 705. The summed E-state index contributed by atoms with van der Waals surface area (Å²) in [4.78, 5) is 2.66. The average molecular weight is 335 g/mol. The van der Waals surface area contributed by atoms with Crippen LogP contribution >= 0.6 is 0 Å². The van der Waals surface area contributed by atoms with Crippen LogP contribution < -0.4 is 0 Å². The minimum absolute atomic E-state index is 0.485. The van der Waals surface area contributed by atoms with E-state index >= 15 is 0 Å². The van der Waals surface area contributed by atoms with Crippen LogP contribution in [0.2, 0.25) is 0 Å². The molecule has 0 aliphatic carbocycles. The van der Waals surface area contributed by atoms with E-state index < -0.39 is 5.60 Å². The molecule has 2 atom stereocenters. The summed E-state index contributed by atoms with van der Waals surface area (Å²) in [5.41, 5.74) is 4.35. The highest BCUT2D eigenvalue weighted by Gasteiger charge is 2.46. The number of benzene rings is 2. The van der Waals surface area contributed by atoms with Gasteiger partial charge in [0.1, 0.15) is 0 Å². The first kappa shape index (κ1) is 16.8. The Balaban J connectivity index is 1.60. The predicted octanol–water partition coefficient (Wildman–Crippen LogP) is 4.71. The summed E-state index contributed by atoms with van der Waals surface area (Å²) in [6.45, 7) is 5.27. The Hall–Kier alpha value is -1.64. The molecule has 2 unspecified atom stereocenters. The maximum Gasteiger partial charge on any atom is 0.0926 e. The summed E-state index contributed by atoms with van der Waals surface area (Å²) in [7, 11) is 0. The Kier molecular flexibility index (Phi) is 4.43. The molecule has 25 heavy (non-hydrogen) atoms. The molecule has 2 heteroatoms. The van der Waals surface area contributed by atoms with E-state index in [0.29, 0.717) is 12.1 Å². The summed E-state index contributed by atoms with van der Waals surface area (Å²) < 4.78 is 0. The summed E-state index contributed by atoms with van der Waals surface area (Å²) >= 11 is 0. The lowest BCUT2D eigenvalue weighted by Crippen LogP contribution is -2.56. The van der Waals surface area contributed by atoms with E-state index in [1.807, 2.05) is 0 Å². The summed E-state index contributed by atoms with van der Waals surface area (Å²) in [5.74, 6) is 0. The van der Waals surface area contributed by atoms with E-state index in [4.69, 9.17) is 0 Å². The van der Waals surface area contributed by atoms with E-state index in [-0.39, 0.29) is 0 Å². The van der Waals surface area contributed by atoms with Crippen molar-refractivity contribution in [2.75, 3.05) is 0 Å². The van der Waals surface area contributed by atoms with Crippen LogP contribution in [0, 0.1) is 13.8 Å². The van der Waals surface area contributed by atoms with Gasteiger partial charge in [-0.3, -0.25) is 4.90 Å². The van der Waals surface area contributed by atoms with Crippen molar-refractivity contribution >= 4 is 0 Å². The Morgan fingerprint density at radius 2 is 1.56 bits per heavy atom. The number of piperidine rings is 2. The van der Waals surface area contributed by atoms with Gasteiger partial charge in [-0.2, -0.15) is 0 Å². The van der Waals surface area contributed by atoms with Crippen molar-refractivity contribution in [2.24, 2.45) is 0 Å². The van der Waals surface area contributed by atoms with Crippen LogP contribution in [0.25, 0.3) is 0 Å². The molecular formula is C23H29NO. The van der Waals surface area contributed by atoms with Gasteiger partial charge in [-0.15, -0.1) is 0 Å². The fraction of sp³-hybridized carbons (Fsp3) is 0.478. The standard InChI is InChI=1S/C23H29NO/c1-17-11-18(2)13-20(12-17)23(25)14-21-9-6-10-22(15-23)24(21)16-19-7-4-3-5-8-19/h3-5,7-8,11-13,21-22,25H,6,9-10,14-16H2,1-2H3. The summed E-state index contributed by atoms with van der Waals surface area (Å²) in [6.07, 6.45) is 5.43. The molecule has 2 bridgehead atoms. The second-order valence-electron chi connectivity index (χ2n) is 8.21. The highest BCUT2D eigenvalue weighted by atomic mass is 16.3. The normalized spacial score (nSPS) is 29.6. The molecule has 2 saturated heterocycles. The Labute approximate surface area is 151 Å². The smallest absolute Gasteiger partial charge is 0.0926 e. The predicted molar refractivity (Wildman–Crippen MR) is 102 cm³/mol. The monoisotopic (exact) mass is 335 g/mol. The maximum atomic E-state index is 11.6. The van der Waals surface area contributed by atoms with Crippen LogP contribution in [0.4, 0.5) is 0 Å². The number of aryl methyl sites for hydroxylation is 2. The minimum Gasteiger partial charge on any atom is -0.385 e. The van der Waals surface area contributed by atoms with E-state index in [1.165, 1.54) is 36.0 Å². The number of nitrogens with zero attached hydrogens (tertiary/aromatic N) is 1. The molecule has 2 fully saturated rings. The molecule has 2 aliphatic heterocycles. The lowest BCUT2D eigenvalue weighted by atomic mass is 9.72. The highest BCUT2D eigenvalue weighted by molar-refractivity contribution is 5.33. The van der Waals surface area contributed by atoms with Gasteiger partial charge < -0.3 is 5.11 Å². The zero-order valence-electron chi connectivity index (χ0n) is 15.4. The van der Waals surface area contributed by atoms with E-state index in [2.05, 4.69) is 67.3 Å². The van der Waals surface area contributed by atoms with Gasteiger partial charge in [0.05, 0.1) is 5.60 Å². The number of rotatable bonds is 3. The molecule has 132 valence electrons. The van der Waals surface area contributed by atoms with E-state index in [1.54, 1.807) is 0 Å². The fourth-order valence-electron chi connectivity index (χ4n) is 5.05. The third-order valence-electron chi connectivity index (χ3n) is 6.13. The van der Waals surface area contributed by atoms with Gasteiger partial charge in [-0.05, 0) is 50.7 Å². The van der Waals surface area contributed by atoms with Crippen molar-refractivity contribution in [1.29, 1.82) is 0 Å². The lowest BCUT2D eigenvalue weighted by Gasteiger charge is -2.52. The summed E-state index contributed by atoms with van der Waals surface area (Å²) in [6, 6.07) is 18.3. The van der Waals surface area contributed by atoms with Gasteiger partial charge in [0, 0.05) is 18.6 Å². The third kappa shape index (κ3) is 3.38. The zero-order chi connectivity index (χ0) is 17.4. The van der Waals surface area contributed by atoms with Crippen LogP contribution in [0.15, 0.2) is 48.5 Å². The topological polar surface area (TPSA) is 23.5 Å². The zero-order valence-corrected chi connectivity index (χ0v) is 15.4. The van der Waals surface area contributed by atoms with Crippen molar-refractivity contribution in [3.63, 3.8) is 0 Å². The Morgan fingerprint density at radius 1 is 0.960 bits per heavy atom. The molecule has 0 radical (unpaired) electrons. The van der Waals surface area contributed by atoms with Crippen LogP contribution in [-0.2, 0) is 12.1 Å². The molecule has 1 N–H and O–H groups in total. The van der Waals surface area contributed by atoms with Crippen LogP contribution in [0.3, 0.4) is 0 Å². The molecular weight excluding hydrogens is 306 g/mol. The second kappa shape index (κ2) is 6.59. The van der Waals surface area contributed by atoms with Gasteiger partial charge in [-0.1, -0.05) is 66.1 Å². The van der Waals surface area contributed by atoms with Crippen molar-refractivity contribution in [2.45, 2.75) is 70.2 Å². The molecule has 2 aliphatic rings. The molecule has 0 aromatic heterocycles. The van der Waals surface area contributed by atoms with Gasteiger partial charge in [0.2, 0.25) is 0 Å². The molecule has 0 spiro atoms. The van der Waals surface area contributed by atoms with Crippen molar-refractivity contribution < 1.29 is 5.11 Å². The average Bonchev–Trinajstić information content (AvgIpc) is 2.56. The number of hydrogen-bond donors (Lipinski definition) is 1. The molecule has 2 aromatic rings. The van der Waals surface area contributed by atoms with Crippen molar-refractivity contribution in [3.8, 4) is 0 Å². The van der Waals surface area contributed by atoms with Crippen LogP contribution in [-0.4, -0.2) is 22.1 Å². The fourth-order valence-corrected chi connectivity index (χ4v) is 5.05. The number of aliphatic hydroxyl groups is 1. The lowest BCUT2D eigenvalue weighted by molar-refractivity contribution is -0.0999. The first-order valence-electron chi connectivity index (χ1n) is 9.64. The molecule has 4 rings (SSSR count). The molecule has 0 amide bonds. The summed E-state index contributed by atoms with van der Waals surface area (Å²) in [5, 5.41) is 11.6. The highest BCUT2D eigenvalue weighted by Crippen LogP contribution is 2.45. The van der Waals surface area contributed by atoms with Crippen LogP contribution in [0.5, 0.6) is 0 Å². The SMILES string of the molecule is Cc1cc(C)cc(C2(O)CC3CCCC(C2)N3Cc2ccccc2)c1. The Morgan fingerprint density at radius 3 is 2.16 bits per heavy atom. The molecule has 2 aromatic carbocycles. The van der Waals surface area contributed by atoms with Gasteiger partial charge in [0.15, 0.2) is 0 Å². The number of fused-ring (bicyclic) bond motifs is 2. The van der Waals surface area contributed by atoms with E-state index in [9.17, 15) is 5.11 Å². The largest absolute Gasteiger partial charge is 0.385 e. The van der Waals surface area contributed by atoms with Gasteiger partial charge in [-0.25, -0.2) is 0 Å². The quantitative estimate of drug-likeness (QED) is 0.878. The number of hydrogen-bond acceptors (Lipinski definition) is 2. The minimum atomic E-state index is -0.667. The first-order chi connectivity index (χ1) is 12.0. The van der Waals surface area contributed by atoms with E-state index in [0.717, 1.165) is 24.9 Å². The third-order valence-corrected chi connectivity index (χ3v) is 6.13. The molecule has 2 heterocycles. The maximum absolute atomic E-state index is 11.6. The van der Waals surface area contributed by atoms with Gasteiger partial charge in [0.25, 0.3) is 0 Å². The van der Waals surface area contributed by atoms with Crippen LogP contribution in [0.1, 0.15) is 54.4 Å². The molecule has 0 saturated carbocycles. The molecule has 2 nitrogen and oxygen atoms in total. The first-order valence-corrected chi connectivity index (χ1v) is 9.64.